The molecule has 1 unspecified atom stereocenters. The fraction of sp³-hybridized carbons (Fsp3) is 0.846. The Balaban J connectivity index is 2.68. The molecule has 0 aromatic carbocycles. The van der Waals surface area contributed by atoms with Crippen LogP contribution in [0.4, 0.5) is 0 Å². The minimum Gasteiger partial charge on any atom is -0.271 e. The second-order valence-corrected chi connectivity index (χ2v) is 6.59. The SMILES string of the molecule is CCCCCCC(NN)c1snnc1C(C)(C)C. The first-order chi connectivity index (χ1) is 8.50. The van der Waals surface area contributed by atoms with Crippen molar-refractivity contribution < 1.29 is 0 Å². The van der Waals surface area contributed by atoms with E-state index in [9.17, 15) is 0 Å². The second kappa shape index (κ2) is 7.16. The average molecular weight is 270 g/mol. The molecule has 0 radical (unpaired) electrons. The molecular weight excluding hydrogens is 244 g/mol. The van der Waals surface area contributed by atoms with Gasteiger partial charge in [0.05, 0.1) is 16.6 Å². The summed E-state index contributed by atoms with van der Waals surface area (Å²) < 4.78 is 4.10. The highest BCUT2D eigenvalue weighted by Crippen LogP contribution is 2.32. The summed E-state index contributed by atoms with van der Waals surface area (Å²) in [5.74, 6) is 5.69. The molecule has 0 aliphatic rings. The number of aromatic nitrogens is 2. The molecule has 0 bridgehead atoms. The Kier molecular flexibility index (Phi) is 6.18. The van der Waals surface area contributed by atoms with Crippen LogP contribution >= 0.6 is 11.5 Å². The zero-order valence-corrected chi connectivity index (χ0v) is 12.8. The standard InChI is InChI=1S/C13H26N4S/c1-5-6-7-8-9-10(15-14)11-12(13(2,3)4)16-17-18-11/h10,15H,5-9,14H2,1-4H3. The van der Waals surface area contributed by atoms with E-state index in [0.29, 0.717) is 0 Å². The van der Waals surface area contributed by atoms with Crippen LogP contribution in [0.3, 0.4) is 0 Å². The van der Waals surface area contributed by atoms with Crippen LogP contribution in [0.2, 0.25) is 0 Å². The third-order valence-electron chi connectivity index (χ3n) is 3.09. The zero-order chi connectivity index (χ0) is 13.6. The fourth-order valence-corrected chi connectivity index (χ4v) is 2.97. The summed E-state index contributed by atoms with van der Waals surface area (Å²) in [6.45, 7) is 8.72. The smallest absolute Gasteiger partial charge is 0.0857 e. The van der Waals surface area contributed by atoms with Gasteiger partial charge < -0.3 is 0 Å². The molecule has 4 nitrogen and oxygen atoms in total. The van der Waals surface area contributed by atoms with Gasteiger partial charge in [0.2, 0.25) is 0 Å². The van der Waals surface area contributed by atoms with Crippen molar-refractivity contribution in [3.63, 3.8) is 0 Å². The van der Waals surface area contributed by atoms with E-state index in [4.69, 9.17) is 5.84 Å². The molecule has 0 spiro atoms. The van der Waals surface area contributed by atoms with Crippen LogP contribution in [0.1, 0.15) is 76.4 Å². The Bertz CT molecular complexity index is 343. The molecule has 1 aromatic heterocycles. The number of nitrogens with one attached hydrogen (secondary N) is 1. The van der Waals surface area contributed by atoms with Crippen molar-refractivity contribution in [1.29, 1.82) is 0 Å². The van der Waals surface area contributed by atoms with E-state index in [1.807, 2.05) is 0 Å². The maximum absolute atomic E-state index is 5.69. The molecule has 1 aromatic rings. The summed E-state index contributed by atoms with van der Waals surface area (Å²) in [6.07, 6.45) is 6.08. The van der Waals surface area contributed by atoms with Gasteiger partial charge in [-0.3, -0.25) is 11.3 Å². The van der Waals surface area contributed by atoms with Gasteiger partial charge in [-0.25, -0.2) is 0 Å². The third kappa shape index (κ3) is 4.30. The van der Waals surface area contributed by atoms with Crippen molar-refractivity contribution in [3.05, 3.63) is 10.6 Å². The minimum absolute atomic E-state index is 0.0286. The van der Waals surface area contributed by atoms with Gasteiger partial charge in [-0.05, 0) is 18.0 Å². The van der Waals surface area contributed by atoms with Crippen molar-refractivity contribution in [3.8, 4) is 0 Å². The molecular formula is C13H26N4S. The van der Waals surface area contributed by atoms with Gasteiger partial charge in [-0.2, -0.15) is 0 Å². The number of hydrogen-bond donors (Lipinski definition) is 2. The predicted molar refractivity (Wildman–Crippen MR) is 77.4 cm³/mol. The highest BCUT2D eigenvalue weighted by atomic mass is 32.1. The molecule has 0 amide bonds. The van der Waals surface area contributed by atoms with Gasteiger partial charge in [-0.1, -0.05) is 57.9 Å². The number of unbranched alkanes of at least 4 members (excludes halogenated alkanes) is 3. The van der Waals surface area contributed by atoms with E-state index in [-0.39, 0.29) is 11.5 Å². The van der Waals surface area contributed by atoms with E-state index in [0.717, 1.165) is 12.1 Å². The summed E-state index contributed by atoms with van der Waals surface area (Å²) in [7, 11) is 0. The largest absolute Gasteiger partial charge is 0.271 e. The Morgan fingerprint density at radius 3 is 2.56 bits per heavy atom. The maximum Gasteiger partial charge on any atom is 0.0857 e. The van der Waals surface area contributed by atoms with Crippen LogP contribution in [0.25, 0.3) is 0 Å². The highest BCUT2D eigenvalue weighted by molar-refractivity contribution is 7.05. The number of nitrogens with zero attached hydrogens (tertiary/aromatic N) is 2. The first-order valence-corrected chi connectivity index (χ1v) is 7.57. The molecule has 3 N–H and O–H groups in total. The highest BCUT2D eigenvalue weighted by Gasteiger charge is 2.26. The third-order valence-corrected chi connectivity index (χ3v) is 3.93. The van der Waals surface area contributed by atoms with Gasteiger partial charge in [-0.15, -0.1) is 5.10 Å². The zero-order valence-electron chi connectivity index (χ0n) is 12.0. The number of rotatable bonds is 7. The van der Waals surface area contributed by atoms with Crippen LogP contribution in [0, 0.1) is 0 Å². The van der Waals surface area contributed by atoms with E-state index < -0.39 is 0 Å². The van der Waals surface area contributed by atoms with Crippen LogP contribution < -0.4 is 11.3 Å². The van der Waals surface area contributed by atoms with E-state index >= 15 is 0 Å². The molecule has 1 atom stereocenters. The summed E-state index contributed by atoms with van der Waals surface area (Å²) in [5, 5.41) is 4.27. The molecule has 18 heavy (non-hydrogen) atoms. The van der Waals surface area contributed by atoms with Crippen molar-refractivity contribution in [2.75, 3.05) is 0 Å². The molecule has 0 aliphatic carbocycles. The molecule has 0 aliphatic heterocycles. The Labute approximate surface area is 114 Å². The molecule has 1 rings (SSSR count). The predicted octanol–water partition coefficient (Wildman–Crippen LogP) is 3.31. The van der Waals surface area contributed by atoms with E-state index in [1.54, 1.807) is 0 Å². The number of hydrazine groups is 1. The Hall–Kier alpha value is -0.520. The van der Waals surface area contributed by atoms with Crippen LogP contribution in [0.15, 0.2) is 0 Å². The van der Waals surface area contributed by atoms with E-state index in [2.05, 4.69) is 42.7 Å². The van der Waals surface area contributed by atoms with Crippen molar-refractivity contribution in [1.82, 2.24) is 15.0 Å². The van der Waals surface area contributed by atoms with Crippen LogP contribution in [-0.4, -0.2) is 9.59 Å². The summed E-state index contributed by atoms with van der Waals surface area (Å²) in [4.78, 5) is 1.20. The van der Waals surface area contributed by atoms with Crippen molar-refractivity contribution >= 4 is 11.5 Å². The molecule has 0 saturated carbocycles. The Morgan fingerprint density at radius 1 is 1.28 bits per heavy atom. The van der Waals surface area contributed by atoms with E-state index in [1.165, 1.54) is 42.1 Å². The van der Waals surface area contributed by atoms with Crippen molar-refractivity contribution in [2.45, 2.75) is 71.3 Å². The summed E-state index contributed by atoms with van der Waals surface area (Å²) in [5.41, 5.74) is 4.03. The van der Waals surface area contributed by atoms with Gasteiger partial charge in [0.15, 0.2) is 0 Å². The summed E-state index contributed by atoms with van der Waals surface area (Å²) in [6, 6.07) is 0.191. The lowest BCUT2D eigenvalue weighted by molar-refractivity contribution is 0.470. The lowest BCUT2D eigenvalue weighted by Crippen LogP contribution is -2.29. The number of hydrogen-bond acceptors (Lipinski definition) is 5. The fourth-order valence-electron chi connectivity index (χ4n) is 2.01. The molecule has 0 fully saturated rings. The van der Waals surface area contributed by atoms with Crippen molar-refractivity contribution in [2.24, 2.45) is 5.84 Å². The molecule has 104 valence electrons. The quantitative estimate of drug-likeness (QED) is 0.453. The summed E-state index contributed by atoms with van der Waals surface area (Å²) >= 11 is 1.47. The van der Waals surface area contributed by atoms with Crippen LogP contribution in [-0.2, 0) is 5.41 Å². The lowest BCUT2D eigenvalue weighted by atomic mass is 9.89. The topological polar surface area (TPSA) is 63.8 Å². The first kappa shape index (κ1) is 15.5. The minimum atomic E-state index is 0.0286. The second-order valence-electron chi connectivity index (χ2n) is 5.80. The molecule has 5 heteroatoms. The number of nitrogens with two attached hydrogens (primary N) is 1. The van der Waals surface area contributed by atoms with Gasteiger partial charge in [0.1, 0.15) is 0 Å². The monoisotopic (exact) mass is 270 g/mol. The van der Waals surface area contributed by atoms with Gasteiger partial charge in [0.25, 0.3) is 0 Å². The lowest BCUT2D eigenvalue weighted by Gasteiger charge is -2.21. The molecule has 0 saturated heterocycles. The van der Waals surface area contributed by atoms with Gasteiger partial charge >= 0.3 is 0 Å². The normalized spacial score (nSPS) is 13.8. The first-order valence-electron chi connectivity index (χ1n) is 6.79. The van der Waals surface area contributed by atoms with Gasteiger partial charge in [0, 0.05) is 5.41 Å². The average Bonchev–Trinajstić information content (AvgIpc) is 2.78. The Morgan fingerprint density at radius 2 is 2.00 bits per heavy atom. The molecule has 1 heterocycles. The maximum atomic E-state index is 5.69. The van der Waals surface area contributed by atoms with Crippen LogP contribution in [0.5, 0.6) is 0 Å².